The molecule has 5 nitrogen and oxygen atoms in total. The molecule has 18 heavy (non-hydrogen) atoms. The zero-order valence-electron chi connectivity index (χ0n) is 10.7. The van der Waals surface area contributed by atoms with E-state index in [2.05, 4.69) is 10.6 Å². The maximum Gasteiger partial charge on any atom is 0.314 e. The standard InChI is InChI=1S/C13H22N2O3/c16-11(17)13(6-3-7-13)9-15-12(18)14-8-10-4-1-2-5-10/h10H,1-9H2,(H,16,17)(H2,14,15,18). The molecular weight excluding hydrogens is 232 g/mol. The van der Waals surface area contributed by atoms with E-state index in [0.29, 0.717) is 25.3 Å². The first-order chi connectivity index (χ1) is 8.62. The third kappa shape index (κ3) is 2.94. The quantitative estimate of drug-likeness (QED) is 0.699. The van der Waals surface area contributed by atoms with Crippen LogP contribution in [0.1, 0.15) is 44.9 Å². The fourth-order valence-corrected chi connectivity index (χ4v) is 2.83. The van der Waals surface area contributed by atoms with Crippen molar-refractivity contribution in [2.24, 2.45) is 11.3 Å². The van der Waals surface area contributed by atoms with Gasteiger partial charge in [0.2, 0.25) is 0 Å². The molecule has 5 heteroatoms. The summed E-state index contributed by atoms with van der Waals surface area (Å²) >= 11 is 0. The number of carboxylic acids is 1. The molecule has 2 amide bonds. The Balaban J connectivity index is 1.66. The van der Waals surface area contributed by atoms with Crippen molar-refractivity contribution in [3.63, 3.8) is 0 Å². The number of urea groups is 1. The number of carboxylic acid groups (broad SMARTS) is 1. The summed E-state index contributed by atoms with van der Waals surface area (Å²) in [6.07, 6.45) is 7.19. The fraction of sp³-hybridized carbons (Fsp3) is 0.846. The molecule has 102 valence electrons. The van der Waals surface area contributed by atoms with Gasteiger partial charge in [-0.25, -0.2) is 4.79 Å². The molecule has 0 atom stereocenters. The molecule has 0 aromatic rings. The molecule has 0 aromatic carbocycles. The van der Waals surface area contributed by atoms with Crippen molar-refractivity contribution in [2.45, 2.75) is 44.9 Å². The largest absolute Gasteiger partial charge is 0.481 e. The molecule has 2 rings (SSSR count). The van der Waals surface area contributed by atoms with Crippen LogP contribution in [0.15, 0.2) is 0 Å². The molecular formula is C13H22N2O3. The Morgan fingerprint density at radius 3 is 2.28 bits per heavy atom. The first kappa shape index (κ1) is 13.2. The zero-order valence-corrected chi connectivity index (χ0v) is 10.7. The van der Waals surface area contributed by atoms with Gasteiger partial charge in [0.1, 0.15) is 0 Å². The van der Waals surface area contributed by atoms with Crippen LogP contribution in [0.2, 0.25) is 0 Å². The highest BCUT2D eigenvalue weighted by Crippen LogP contribution is 2.40. The molecule has 2 aliphatic carbocycles. The van der Waals surface area contributed by atoms with Gasteiger partial charge in [0, 0.05) is 13.1 Å². The van der Waals surface area contributed by atoms with E-state index in [4.69, 9.17) is 5.11 Å². The molecule has 3 N–H and O–H groups in total. The molecule has 0 unspecified atom stereocenters. The maximum atomic E-state index is 11.6. The minimum absolute atomic E-state index is 0.227. The molecule has 0 aliphatic heterocycles. The van der Waals surface area contributed by atoms with Gasteiger partial charge >= 0.3 is 12.0 Å². The molecule has 2 saturated carbocycles. The molecule has 0 heterocycles. The summed E-state index contributed by atoms with van der Waals surface area (Å²) < 4.78 is 0. The lowest BCUT2D eigenvalue weighted by Gasteiger charge is -2.37. The topological polar surface area (TPSA) is 78.4 Å². The molecule has 0 radical (unpaired) electrons. The number of hydrogen-bond acceptors (Lipinski definition) is 2. The van der Waals surface area contributed by atoms with Crippen molar-refractivity contribution >= 4 is 12.0 Å². The second kappa shape index (κ2) is 5.59. The van der Waals surface area contributed by atoms with Gasteiger partial charge in [-0.2, -0.15) is 0 Å². The van der Waals surface area contributed by atoms with Crippen molar-refractivity contribution in [2.75, 3.05) is 13.1 Å². The lowest BCUT2D eigenvalue weighted by Crippen LogP contribution is -2.50. The number of amides is 2. The SMILES string of the molecule is O=C(NCC1CCCC1)NCC1(C(=O)O)CCC1. The summed E-state index contributed by atoms with van der Waals surface area (Å²) in [5.74, 6) is -0.183. The van der Waals surface area contributed by atoms with Crippen molar-refractivity contribution in [3.8, 4) is 0 Å². The highest BCUT2D eigenvalue weighted by atomic mass is 16.4. The molecule has 2 aliphatic rings. The van der Waals surface area contributed by atoms with Crippen LogP contribution in [0.3, 0.4) is 0 Å². The Labute approximate surface area is 107 Å². The Bertz CT molecular complexity index is 320. The Hall–Kier alpha value is -1.26. The average molecular weight is 254 g/mol. The van der Waals surface area contributed by atoms with Crippen LogP contribution in [-0.2, 0) is 4.79 Å². The number of rotatable bonds is 5. The van der Waals surface area contributed by atoms with Crippen molar-refractivity contribution in [3.05, 3.63) is 0 Å². The van der Waals surface area contributed by atoms with Gasteiger partial charge in [0.25, 0.3) is 0 Å². The minimum atomic E-state index is -0.787. The van der Waals surface area contributed by atoms with Gasteiger partial charge in [-0.15, -0.1) is 0 Å². The predicted octanol–water partition coefficient (Wildman–Crippen LogP) is 1.73. The van der Waals surface area contributed by atoms with Crippen LogP contribution >= 0.6 is 0 Å². The highest BCUT2D eigenvalue weighted by molar-refractivity contribution is 5.78. The van der Waals surface area contributed by atoms with Gasteiger partial charge in [-0.05, 0) is 31.6 Å². The molecule has 2 fully saturated rings. The maximum absolute atomic E-state index is 11.6. The van der Waals surface area contributed by atoms with E-state index in [1.807, 2.05) is 0 Å². The van der Waals surface area contributed by atoms with Gasteiger partial charge in [0.15, 0.2) is 0 Å². The normalized spacial score (nSPS) is 22.2. The predicted molar refractivity (Wildman–Crippen MR) is 67.3 cm³/mol. The fourth-order valence-electron chi connectivity index (χ4n) is 2.83. The van der Waals surface area contributed by atoms with Crippen LogP contribution in [0, 0.1) is 11.3 Å². The number of hydrogen-bond donors (Lipinski definition) is 3. The van der Waals surface area contributed by atoms with Gasteiger partial charge in [-0.1, -0.05) is 19.3 Å². The van der Waals surface area contributed by atoms with Crippen LogP contribution < -0.4 is 10.6 Å². The number of carbonyl (C=O) groups excluding carboxylic acids is 1. The van der Waals surface area contributed by atoms with Crippen LogP contribution in [0.25, 0.3) is 0 Å². The number of nitrogens with one attached hydrogen (secondary N) is 2. The summed E-state index contributed by atoms with van der Waals surface area (Å²) in [6, 6.07) is -0.227. The third-order valence-electron chi connectivity index (χ3n) is 4.38. The van der Waals surface area contributed by atoms with Gasteiger partial charge < -0.3 is 15.7 Å². The molecule has 0 aromatic heterocycles. The number of carbonyl (C=O) groups is 2. The molecule has 0 spiro atoms. The van der Waals surface area contributed by atoms with Crippen LogP contribution in [0.4, 0.5) is 4.79 Å². The third-order valence-corrected chi connectivity index (χ3v) is 4.38. The van der Waals surface area contributed by atoms with Crippen molar-refractivity contribution in [1.29, 1.82) is 0 Å². The van der Waals surface area contributed by atoms with Gasteiger partial charge in [-0.3, -0.25) is 4.79 Å². The summed E-state index contributed by atoms with van der Waals surface area (Å²) in [4.78, 5) is 22.7. The Morgan fingerprint density at radius 1 is 1.11 bits per heavy atom. The second-order valence-electron chi connectivity index (χ2n) is 5.65. The summed E-state index contributed by atoms with van der Waals surface area (Å²) in [5.41, 5.74) is -0.704. The summed E-state index contributed by atoms with van der Waals surface area (Å²) in [7, 11) is 0. The Morgan fingerprint density at radius 2 is 1.78 bits per heavy atom. The van der Waals surface area contributed by atoms with E-state index in [9.17, 15) is 9.59 Å². The smallest absolute Gasteiger partial charge is 0.314 e. The average Bonchev–Trinajstić information content (AvgIpc) is 2.77. The van der Waals surface area contributed by atoms with Crippen LogP contribution in [-0.4, -0.2) is 30.2 Å². The lowest BCUT2D eigenvalue weighted by atomic mass is 9.69. The van der Waals surface area contributed by atoms with E-state index < -0.39 is 11.4 Å². The van der Waals surface area contributed by atoms with Crippen molar-refractivity contribution < 1.29 is 14.7 Å². The van der Waals surface area contributed by atoms with E-state index >= 15 is 0 Å². The van der Waals surface area contributed by atoms with E-state index in [-0.39, 0.29) is 12.6 Å². The second-order valence-corrected chi connectivity index (χ2v) is 5.65. The summed E-state index contributed by atoms with van der Waals surface area (Å²) in [6.45, 7) is 0.963. The van der Waals surface area contributed by atoms with E-state index in [0.717, 1.165) is 6.42 Å². The highest BCUT2D eigenvalue weighted by Gasteiger charge is 2.44. The van der Waals surface area contributed by atoms with E-state index in [1.54, 1.807) is 0 Å². The summed E-state index contributed by atoms with van der Waals surface area (Å²) in [5, 5.41) is 14.7. The lowest BCUT2D eigenvalue weighted by molar-refractivity contribution is -0.153. The zero-order chi connectivity index (χ0) is 13.0. The number of aliphatic carboxylic acids is 1. The molecule has 0 bridgehead atoms. The monoisotopic (exact) mass is 254 g/mol. The minimum Gasteiger partial charge on any atom is -0.481 e. The van der Waals surface area contributed by atoms with Gasteiger partial charge in [0.05, 0.1) is 5.41 Å². The van der Waals surface area contributed by atoms with Crippen molar-refractivity contribution in [1.82, 2.24) is 10.6 Å². The first-order valence-electron chi connectivity index (χ1n) is 6.87. The van der Waals surface area contributed by atoms with Crippen LogP contribution in [0.5, 0.6) is 0 Å². The molecule has 0 saturated heterocycles. The Kier molecular flexibility index (Phi) is 4.09. The first-order valence-corrected chi connectivity index (χ1v) is 6.87. The van der Waals surface area contributed by atoms with E-state index in [1.165, 1.54) is 25.7 Å².